The highest BCUT2D eigenvalue weighted by Crippen LogP contribution is 2.23. The van der Waals surface area contributed by atoms with Crippen molar-refractivity contribution in [3.63, 3.8) is 0 Å². The number of amides is 10. The Morgan fingerprint density at radius 2 is 0.946 bits per heavy atom. The lowest BCUT2D eigenvalue weighted by Crippen LogP contribution is -2.61. The number of likely N-dealkylation sites (N-methyl/N-ethyl adjacent to an activating group) is 1. The van der Waals surface area contributed by atoms with Crippen molar-refractivity contribution in [2.24, 2.45) is 40.5 Å². The molecule has 1 aliphatic carbocycles. The second-order valence-corrected chi connectivity index (χ2v) is 18.8. The van der Waals surface area contributed by atoms with Crippen molar-refractivity contribution >= 4 is 59.1 Å². The van der Waals surface area contributed by atoms with Crippen LogP contribution in [0.4, 0.5) is 0 Å². The molecule has 8 atom stereocenters. The van der Waals surface area contributed by atoms with Gasteiger partial charge in [-0.2, -0.15) is 0 Å². The fraction of sp³-hybridized carbons (Fsp3) is 0.667. The standard InChI is InChI=1S/C48H83N15O11/c1-5-54-48(74)40(28(4)64)63-45(71)35(18-22-52)59-44(70)34(17-21-51)60-46(72)36(23-27(2)3)61-47(73)37(24-29-9-7-6-8-10-29)62-43(69)33(16-20-50)58-39(66)26-56-42(68)32(15-19-49)57-38(65)25-55-41(67)30-11-13-31(53)14-12-30/h6-10,27-28,30-37,40,64H,5,11-26,49-53H2,1-4H3,(H,54,74)(H,55,67)(H,56,68)(H,57,65)(H,58,66)(H,59,70)(H,60,72)(H,61,73)(H,62,69)(H,63,71)/t28?,30?,31?,32-,33-,34-,35-,36-,37+,40?/m0/s1. The summed E-state index contributed by atoms with van der Waals surface area (Å²) >= 11 is 0. The monoisotopic (exact) mass is 1050 g/mol. The summed E-state index contributed by atoms with van der Waals surface area (Å²) in [5.74, 6) is -7.62. The van der Waals surface area contributed by atoms with Crippen LogP contribution in [0.3, 0.4) is 0 Å². The van der Waals surface area contributed by atoms with Crippen LogP contribution in [0.15, 0.2) is 30.3 Å². The van der Waals surface area contributed by atoms with Crippen LogP contribution >= 0.6 is 0 Å². The quantitative estimate of drug-likeness (QED) is 0.0312. The van der Waals surface area contributed by atoms with E-state index in [1.165, 1.54) is 6.92 Å². The molecular weight excluding hydrogens is 963 g/mol. The van der Waals surface area contributed by atoms with E-state index >= 15 is 0 Å². The SMILES string of the molecule is CCNC(=O)C(NC(=O)[C@H](CCN)NC(=O)[C@H](CCN)NC(=O)[C@H](CC(C)C)NC(=O)[C@@H](Cc1ccccc1)NC(=O)[C@H](CCN)NC(=O)CNC(=O)[C@H](CCN)NC(=O)CNC(=O)C1CCC(N)CC1)C(C)O. The maximum absolute atomic E-state index is 14.2. The third-order valence-corrected chi connectivity index (χ3v) is 12.0. The molecule has 0 spiro atoms. The van der Waals surface area contributed by atoms with Gasteiger partial charge in [-0.15, -0.1) is 0 Å². The number of hydrogen-bond donors (Lipinski definition) is 16. The Labute approximate surface area is 432 Å². The normalized spacial score (nSPS) is 17.5. The van der Waals surface area contributed by atoms with Crippen LogP contribution in [0, 0.1) is 11.8 Å². The molecular formula is C48H83N15O11. The molecule has 1 saturated carbocycles. The van der Waals surface area contributed by atoms with Crippen molar-refractivity contribution in [1.29, 1.82) is 0 Å². The van der Waals surface area contributed by atoms with Gasteiger partial charge in [0.25, 0.3) is 0 Å². The van der Waals surface area contributed by atoms with Gasteiger partial charge < -0.3 is 86.9 Å². The molecule has 26 nitrogen and oxygen atoms in total. The third-order valence-electron chi connectivity index (χ3n) is 12.0. The molecule has 0 radical (unpaired) electrons. The Bertz CT molecular complexity index is 1990. The first-order valence-corrected chi connectivity index (χ1v) is 25.4. The van der Waals surface area contributed by atoms with E-state index in [0.717, 1.165) is 0 Å². The van der Waals surface area contributed by atoms with Crippen molar-refractivity contribution in [3.8, 4) is 0 Å². The van der Waals surface area contributed by atoms with Crippen LogP contribution in [-0.4, -0.2) is 164 Å². The molecule has 0 heterocycles. The number of rotatable bonds is 33. The zero-order valence-corrected chi connectivity index (χ0v) is 43.2. The first kappa shape index (κ1) is 63.8. The number of carbonyl (C=O) groups is 10. The molecule has 0 aromatic heterocycles. The lowest BCUT2D eigenvalue weighted by Gasteiger charge is -2.28. The Balaban J connectivity index is 2.21. The molecule has 1 aliphatic rings. The van der Waals surface area contributed by atoms with Crippen LogP contribution in [0.25, 0.3) is 0 Å². The molecule has 21 N–H and O–H groups in total. The lowest BCUT2D eigenvalue weighted by atomic mass is 9.86. The molecule has 1 aromatic carbocycles. The largest absolute Gasteiger partial charge is 0.391 e. The Kier molecular flexibility index (Phi) is 29.5. The van der Waals surface area contributed by atoms with Crippen molar-refractivity contribution < 1.29 is 53.1 Å². The van der Waals surface area contributed by atoms with Crippen LogP contribution < -0.4 is 81.8 Å². The van der Waals surface area contributed by atoms with E-state index in [1.807, 2.05) is 0 Å². The van der Waals surface area contributed by atoms with Gasteiger partial charge in [-0.1, -0.05) is 44.2 Å². The van der Waals surface area contributed by atoms with E-state index in [1.54, 1.807) is 51.1 Å². The van der Waals surface area contributed by atoms with Gasteiger partial charge in [0.05, 0.1) is 19.2 Å². The van der Waals surface area contributed by atoms with E-state index < -0.39 is 108 Å². The van der Waals surface area contributed by atoms with Gasteiger partial charge in [0.1, 0.15) is 42.3 Å². The Morgan fingerprint density at radius 1 is 0.527 bits per heavy atom. The molecule has 1 aromatic rings. The molecule has 10 amide bonds. The highest BCUT2D eigenvalue weighted by Gasteiger charge is 2.35. The fourth-order valence-corrected chi connectivity index (χ4v) is 8.01. The van der Waals surface area contributed by atoms with Gasteiger partial charge in [0.15, 0.2) is 0 Å². The van der Waals surface area contributed by atoms with Gasteiger partial charge in [0.2, 0.25) is 59.1 Å². The second-order valence-electron chi connectivity index (χ2n) is 18.8. The van der Waals surface area contributed by atoms with E-state index in [9.17, 15) is 53.1 Å². The zero-order chi connectivity index (χ0) is 55.3. The van der Waals surface area contributed by atoms with Crippen molar-refractivity contribution in [1.82, 2.24) is 53.2 Å². The summed E-state index contributed by atoms with van der Waals surface area (Å²) in [6.45, 7) is 5.55. The summed E-state index contributed by atoms with van der Waals surface area (Å²) in [5, 5.41) is 35.7. The number of hydrogen-bond acceptors (Lipinski definition) is 16. The third kappa shape index (κ3) is 23.3. The fourth-order valence-electron chi connectivity index (χ4n) is 8.01. The second kappa shape index (κ2) is 34.2. The van der Waals surface area contributed by atoms with E-state index in [0.29, 0.717) is 31.2 Å². The zero-order valence-electron chi connectivity index (χ0n) is 43.2. The van der Waals surface area contributed by atoms with Gasteiger partial charge in [-0.25, -0.2) is 0 Å². The molecule has 26 heteroatoms. The first-order valence-electron chi connectivity index (χ1n) is 25.4. The highest BCUT2D eigenvalue weighted by molar-refractivity contribution is 5.98. The number of nitrogens with one attached hydrogen (secondary N) is 10. The molecule has 0 saturated heterocycles. The average Bonchev–Trinajstić information content (AvgIpc) is 3.35. The van der Waals surface area contributed by atoms with Gasteiger partial charge >= 0.3 is 0 Å². The number of nitrogens with two attached hydrogens (primary N) is 5. The topological polar surface area (TPSA) is 441 Å². The van der Waals surface area contributed by atoms with Gasteiger partial charge in [-0.3, -0.25) is 47.9 Å². The number of carbonyl (C=O) groups excluding carboxylic acids is 10. The number of benzene rings is 1. The molecule has 1 fully saturated rings. The minimum absolute atomic E-state index is 0.00164. The predicted molar refractivity (Wildman–Crippen MR) is 274 cm³/mol. The maximum Gasteiger partial charge on any atom is 0.245 e. The Hall–Kier alpha value is -6.32. The molecule has 2 unspecified atom stereocenters. The van der Waals surface area contributed by atoms with E-state index in [2.05, 4.69) is 53.2 Å². The lowest BCUT2D eigenvalue weighted by molar-refractivity contribution is -0.136. The van der Waals surface area contributed by atoms with Crippen molar-refractivity contribution in [3.05, 3.63) is 35.9 Å². The summed E-state index contributed by atoms with van der Waals surface area (Å²) in [4.78, 5) is 133. The van der Waals surface area contributed by atoms with Crippen LogP contribution in [0.5, 0.6) is 0 Å². The maximum atomic E-state index is 14.2. The minimum Gasteiger partial charge on any atom is -0.391 e. The molecule has 2 rings (SSSR count). The average molecular weight is 1050 g/mol. The predicted octanol–water partition coefficient (Wildman–Crippen LogP) is -5.67. The highest BCUT2D eigenvalue weighted by atomic mass is 16.3. The number of aliphatic hydroxyl groups excluding tert-OH is 1. The smallest absolute Gasteiger partial charge is 0.245 e. The molecule has 416 valence electrons. The van der Waals surface area contributed by atoms with Crippen LogP contribution in [0.1, 0.15) is 91.0 Å². The van der Waals surface area contributed by atoms with E-state index in [-0.39, 0.29) is 102 Å². The van der Waals surface area contributed by atoms with Crippen LogP contribution in [0.2, 0.25) is 0 Å². The van der Waals surface area contributed by atoms with Crippen LogP contribution in [-0.2, 0) is 54.4 Å². The summed E-state index contributed by atoms with van der Waals surface area (Å²) in [6.07, 6.45) is 1.06. The van der Waals surface area contributed by atoms with Gasteiger partial charge in [-0.05, 0) is 109 Å². The Morgan fingerprint density at radius 3 is 1.42 bits per heavy atom. The molecule has 74 heavy (non-hydrogen) atoms. The van der Waals surface area contributed by atoms with Crippen molar-refractivity contribution in [2.45, 2.75) is 146 Å². The molecule has 0 aliphatic heterocycles. The first-order chi connectivity index (χ1) is 35.2. The summed E-state index contributed by atoms with van der Waals surface area (Å²) in [6, 6.07) is -0.323. The summed E-state index contributed by atoms with van der Waals surface area (Å²) < 4.78 is 0. The summed E-state index contributed by atoms with van der Waals surface area (Å²) in [7, 11) is 0. The summed E-state index contributed by atoms with van der Waals surface area (Å²) in [5.41, 5.74) is 29.7. The molecule has 0 bridgehead atoms. The van der Waals surface area contributed by atoms with Crippen molar-refractivity contribution in [2.75, 3.05) is 45.8 Å². The minimum atomic E-state index is -1.34. The van der Waals surface area contributed by atoms with E-state index in [4.69, 9.17) is 28.7 Å². The van der Waals surface area contributed by atoms with Gasteiger partial charge in [0, 0.05) is 24.9 Å². The number of aliphatic hydroxyl groups is 1.